The number of benzene rings is 1. The molecule has 19 heavy (non-hydrogen) atoms. The summed E-state index contributed by atoms with van der Waals surface area (Å²) in [5.41, 5.74) is 2.13. The lowest BCUT2D eigenvalue weighted by atomic mass is 10.1. The third kappa shape index (κ3) is 3.44. The van der Waals surface area contributed by atoms with Crippen molar-refractivity contribution in [3.05, 3.63) is 47.4 Å². The molecule has 0 atom stereocenters. The van der Waals surface area contributed by atoms with E-state index in [0.29, 0.717) is 12.4 Å². The average Bonchev–Trinajstić information content (AvgIpc) is 2.44. The number of ether oxygens (including phenoxy) is 1. The van der Waals surface area contributed by atoms with E-state index in [1.165, 1.54) is 5.56 Å². The summed E-state index contributed by atoms with van der Waals surface area (Å²) in [5.74, 6) is 2.41. The Morgan fingerprint density at radius 2 is 2.00 bits per heavy atom. The summed E-state index contributed by atoms with van der Waals surface area (Å²) in [4.78, 5) is 8.75. The SMILES string of the molecule is CCc1ccccc1OCc1nc(C)cc(NC)n1. The quantitative estimate of drug-likeness (QED) is 0.894. The van der Waals surface area contributed by atoms with Gasteiger partial charge in [-0.2, -0.15) is 0 Å². The summed E-state index contributed by atoms with van der Waals surface area (Å²) >= 11 is 0. The number of nitrogens with one attached hydrogen (secondary N) is 1. The average molecular weight is 257 g/mol. The largest absolute Gasteiger partial charge is 0.485 e. The highest BCUT2D eigenvalue weighted by Crippen LogP contribution is 2.19. The molecule has 0 aliphatic rings. The fraction of sp³-hybridized carbons (Fsp3) is 0.333. The van der Waals surface area contributed by atoms with Crippen molar-refractivity contribution in [2.45, 2.75) is 26.9 Å². The van der Waals surface area contributed by atoms with E-state index in [9.17, 15) is 0 Å². The van der Waals surface area contributed by atoms with Gasteiger partial charge in [-0.25, -0.2) is 9.97 Å². The van der Waals surface area contributed by atoms with Crippen LogP contribution in [0.5, 0.6) is 5.75 Å². The number of hydrogen-bond donors (Lipinski definition) is 1. The number of nitrogens with zero attached hydrogens (tertiary/aromatic N) is 2. The zero-order valence-electron chi connectivity index (χ0n) is 11.6. The summed E-state index contributed by atoms with van der Waals surface area (Å²) in [6.45, 7) is 4.45. The minimum absolute atomic E-state index is 0.382. The van der Waals surface area contributed by atoms with Crippen LogP contribution in [0, 0.1) is 6.92 Å². The topological polar surface area (TPSA) is 47.0 Å². The van der Waals surface area contributed by atoms with Crippen LogP contribution in [0.25, 0.3) is 0 Å². The minimum atomic E-state index is 0.382. The maximum absolute atomic E-state index is 5.82. The molecule has 0 bridgehead atoms. The third-order valence-electron chi connectivity index (χ3n) is 2.87. The molecular weight excluding hydrogens is 238 g/mol. The van der Waals surface area contributed by atoms with Crippen LogP contribution in [0.2, 0.25) is 0 Å². The Labute approximate surface area is 113 Å². The summed E-state index contributed by atoms with van der Waals surface area (Å²) in [7, 11) is 1.85. The van der Waals surface area contributed by atoms with Crippen LogP contribution in [-0.2, 0) is 13.0 Å². The van der Waals surface area contributed by atoms with Gasteiger partial charge < -0.3 is 10.1 Å². The van der Waals surface area contributed by atoms with E-state index in [4.69, 9.17) is 4.74 Å². The first kappa shape index (κ1) is 13.3. The summed E-state index contributed by atoms with van der Waals surface area (Å²) in [6.07, 6.45) is 0.951. The van der Waals surface area contributed by atoms with Crippen molar-refractivity contribution in [3.63, 3.8) is 0 Å². The molecule has 0 saturated heterocycles. The number of aromatic nitrogens is 2. The van der Waals surface area contributed by atoms with E-state index in [2.05, 4.69) is 28.3 Å². The van der Waals surface area contributed by atoms with Crippen molar-refractivity contribution < 1.29 is 4.74 Å². The van der Waals surface area contributed by atoms with Gasteiger partial charge in [0.1, 0.15) is 18.2 Å². The molecule has 4 nitrogen and oxygen atoms in total. The van der Waals surface area contributed by atoms with Crippen LogP contribution in [0.4, 0.5) is 5.82 Å². The first-order valence-corrected chi connectivity index (χ1v) is 6.46. The molecule has 100 valence electrons. The molecule has 0 fully saturated rings. The molecule has 1 N–H and O–H groups in total. The normalized spacial score (nSPS) is 10.3. The van der Waals surface area contributed by atoms with Gasteiger partial charge in [0.25, 0.3) is 0 Å². The lowest BCUT2D eigenvalue weighted by Gasteiger charge is -2.10. The molecular formula is C15H19N3O. The Hall–Kier alpha value is -2.10. The van der Waals surface area contributed by atoms with Gasteiger partial charge in [0, 0.05) is 18.8 Å². The van der Waals surface area contributed by atoms with Gasteiger partial charge in [0.2, 0.25) is 0 Å². The number of hydrogen-bond acceptors (Lipinski definition) is 4. The Morgan fingerprint density at radius 1 is 1.21 bits per heavy atom. The zero-order valence-corrected chi connectivity index (χ0v) is 11.6. The smallest absolute Gasteiger partial charge is 0.168 e. The maximum Gasteiger partial charge on any atom is 0.168 e. The van der Waals surface area contributed by atoms with E-state index in [0.717, 1.165) is 23.7 Å². The molecule has 0 aliphatic heterocycles. The predicted molar refractivity (Wildman–Crippen MR) is 76.5 cm³/mol. The Bertz CT molecular complexity index is 555. The van der Waals surface area contributed by atoms with Gasteiger partial charge in [0.15, 0.2) is 5.82 Å². The van der Waals surface area contributed by atoms with E-state index < -0.39 is 0 Å². The molecule has 0 saturated carbocycles. The van der Waals surface area contributed by atoms with Crippen molar-refractivity contribution in [2.24, 2.45) is 0 Å². The fourth-order valence-electron chi connectivity index (χ4n) is 1.90. The van der Waals surface area contributed by atoms with Gasteiger partial charge in [-0.05, 0) is 25.0 Å². The molecule has 0 aliphatic carbocycles. The second kappa shape index (κ2) is 6.18. The molecule has 1 aromatic heterocycles. The Morgan fingerprint density at radius 3 is 2.74 bits per heavy atom. The maximum atomic E-state index is 5.82. The monoisotopic (exact) mass is 257 g/mol. The van der Waals surface area contributed by atoms with E-state index in [-0.39, 0.29) is 0 Å². The number of rotatable bonds is 5. The highest BCUT2D eigenvalue weighted by atomic mass is 16.5. The van der Waals surface area contributed by atoms with Gasteiger partial charge >= 0.3 is 0 Å². The first-order chi connectivity index (χ1) is 9.22. The molecule has 0 radical (unpaired) electrons. The molecule has 2 aromatic rings. The number of anilines is 1. The fourth-order valence-corrected chi connectivity index (χ4v) is 1.90. The summed E-state index contributed by atoms with van der Waals surface area (Å²) < 4.78 is 5.82. The van der Waals surface area contributed by atoms with E-state index in [1.54, 1.807) is 0 Å². The molecule has 0 spiro atoms. The highest BCUT2D eigenvalue weighted by molar-refractivity contribution is 5.35. The van der Waals surface area contributed by atoms with Crippen molar-refractivity contribution >= 4 is 5.82 Å². The molecule has 1 heterocycles. The predicted octanol–water partition coefficient (Wildman–Crippen LogP) is 2.97. The molecule has 1 aromatic carbocycles. The molecule has 0 amide bonds. The van der Waals surface area contributed by atoms with Crippen molar-refractivity contribution in [1.82, 2.24) is 9.97 Å². The Balaban J connectivity index is 2.12. The number of para-hydroxylation sites is 1. The number of aryl methyl sites for hydroxylation is 2. The van der Waals surface area contributed by atoms with Crippen LogP contribution in [0.3, 0.4) is 0 Å². The van der Waals surface area contributed by atoms with Crippen LogP contribution in [0.15, 0.2) is 30.3 Å². The molecule has 2 rings (SSSR count). The van der Waals surface area contributed by atoms with Crippen LogP contribution < -0.4 is 10.1 Å². The van der Waals surface area contributed by atoms with Crippen LogP contribution >= 0.6 is 0 Å². The van der Waals surface area contributed by atoms with E-state index in [1.807, 2.05) is 38.2 Å². The van der Waals surface area contributed by atoms with Crippen molar-refractivity contribution in [1.29, 1.82) is 0 Å². The molecule has 4 heteroatoms. The minimum Gasteiger partial charge on any atom is -0.485 e. The Kier molecular flexibility index (Phi) is 4.34. The van der Waals surface area contributed by atoms with Crippen molar-refractivity contribution in [3.8, 4) is 5.75 Å². The van der Waals surface area contributed by atoms with E-state index >= 15 is 0 Å². The highest BCUT2D eigenvalue weighted by Gasteiger charge is 2.05. The van der Waals surface area contributed by atoms with Gasteiger partial charge in [-0.3, -0.25) is 0 Å². The molecule has 0 unspecified atom stereocenters. The lowest BCUT2D eigenvalue weighted by molar-refractivity contribution is 0.293. The third-order valence-corrected chi connectivity index (χ3v) is 2.87. The standard InChI is InChI=1S/C15H19N3O/c1-4-12-7-5-6-8-13(12)19-10-15-17-11(2)9-14(16-3)18-15/h5-9H,4,10H2,1-3H3,(H,16,17,18). The zero-order chi connectivity index (χ0) is 13.7. The van der Waals surface area contributed by atoms with Crippen LogP contribution in [-0.4, -0.2) is 17.0 Å². The first-order valence-electron chi connectivity index (χ1n) is 6.46. The summed E-state index contributed by atoms with van der Waals surface area (Å²) in [5, 5.41) is 3.02. The second-order valence-electron chi connectivity index (χ2n) is 4.31. The van der Waals surface area contributed by atoms with Gasteiger partial charge in [-0.1, -0.05) is 25.1 Å². The van der Waals surface area contributed by atoms with Crippen LogP contribution in [0.1, 0.15) is 24.0 Å². The lowest BCUT2D eigenvalue weighted by Crippen LogP contribution is -2.06. The second-order valence-corrected chi connectivity index (χ2v) is 4.31. The van der Waals surface area contributed by atoms with Gasteiger partial charge in [-0.15, -0.1) is 0 Å². The van der Waals surface area contributed by atoms with Gasteiger partial charge in [0.05, 0.1) is 0 Å². The van der Waals surface area contributed by atoms with Crippen molar-refractivity contribution in [2.75, 3.05) is 12.4 Å². The summed E-state index contributed by atoms with van der Waals surface area (Å²) in [6, 6.07) is 9.96.